The fraction of sp³-hybridized carbons (Fsp3) is 0.222. The third-order valence-electron chi connectivity index (χ3n) is 3.46. The quantitative estimate of drug-likeness (QED) is 0.706. The van der Waals surface area contributed by atoms with Crippen LogP contribution < -0.4 is 5.32 Å². The van der Waals surface area contributed by atoms with Gasteiger partial charge in [-0.1, -0.05) is 35.3 Å². The van der Waals surface area contributed by atoms with Crippen molar-refractivity contribution in [1.82, 2.24) is 0 Å². The van der Waals surface area contributed by atoms with Gasteiger partial charge < -0.3 is 10.1 Å². The van der Waals surface area contributed by atoms with Gasteiger partial charge in [-0.2, -0.15) is 0 Å². The van der Waals surface area contributed by atoms with E-state index in [2.05, 4.69) is 5.32 Å². The van der Waals surface area contributed by atoms with Gasteiger partial charge in [0.25, 0.3) is 5.91 Å². The lowest BCUT2D eigenvalue weighted by molar-refractivity contribution is -0.123. The Bertz CT molecular complexity index is 958. The first-order chi connectivity index (χ1) is 12.5. The monoisotopic (exact) mass is 429 g/mol. The highest BCUT2D eigenvalue weighted by molar-refractivity contribution is 7.89. The predicted molar refractivity (Wildman–Crippen MR) is 105 cm³/mol. The van der Waals surface area contributed by atoms with Crippen molar-refractivity contribution >= 4 is 50.6 Å². The maximum atomic E-state index is 12.2. The summed E-state index contributed by atoms with van der Waals surface area (Å²) >= 11 is 11.8. The Morgan fingerprint density at radius 2 is 1.74 bits per heavy atom. The molecule has 0 aliphatic carbocycles. The van der Waals surface area contributed by atoms with Crippen LogP contribution in [0.15, 0.2) is 42.5 Å². The minimum Gasteiger partial charge on any atom is -0.449 e. The fourth-order valence-corrected chi connectivity index (χ4v) is 3.40. The van der Waals surface area contributed by atoms with Crippen LogP contribution in [0.4, 0.5) is 5.69 Å². The van der Waals surface area contributed by atoms with Crippen LogP contribution in [0.3, 0.4) is 0 Å². The fourth-order valence-electron chi connectivity index (χ4n) is 2.15. The van der Waals surface area contributed by atoms with Gasteiger partial charge in [-0.25, -0.2) is 13.2 Å². The first kappa shape index (κ1) is 21.2. The Labute approximate surface area is 167 Å². The van der Waals surface area contributed by atoms with Crippen LogP contribution in [0.25, 0.3) is 0 Å². The summed E-state index contributed by atoms with van der Waals surface area (Å²) in [6.07, 6.45) is 0.0579. The number of amides is 1. The molecule has 1 amide bonds. The maximum absolute atomic E-state index is 12.2. The Morgan fingerprint density at radius 3 is 2.30 bits per heavy atom. The van der Waals surface area contributed by atoms with E-state index in [0.717, 1.165) is 6.26 Å². The lowest BCUT2D eigenvalue weighted by Crippen LogP contribution is -2.30. The normalized spacial score (nSPS) is 12.3. The van der Waals surface area contributed by atoms with E-state index < -0.39 is 27.8 Å². The van der Waals surface area contributed by atoms with Crippen LogP contribution in [0.5, 0.6) is 0 Å². The van der Waals surface area contributed by atoms with Gasteiger partial charge in [0.2, 0.25) is 0 Å². The summed E-state index contributed by atoms with van der Waals surface area (Å²) in [5.74, 6) is -1.38. The third-order valence-corrected chi connectivity index (χ3v) is 4.87. The van der Waals surface area contributed by atoms with E-state index in [4.69, 9.17) is 27.9 Å². The van der Waals surface area contributed by atoms with E-state index in [1.807, 2.05) is 0 Å². The molecular formula is C18H17Cl2NO5S. The summed E-state index contributed by atoms with van der Waals surface area (Å²) in [6, 6.07) is 10.5. The molecule has 27 heavy (non-hydrogen) atoms. The number of ether oxygens (including phenoxy) is 1. The van der Waals surface area contributed by atoms with E-state index in [-0.39, 0.29) is 16.3 Å². The molecule has 2 aromatic rings. The molecule has 9 heteroatoms. The molecule has 2 rings (SSSR count). The molecule has 0 spiro atoms. The number of hydrogen-bond donors (Lipinski definition) is 1. The second kappa shape index (κ2) is 8.73. The topological polar surface area (TPSA) is 89.5 Å². The molecular weight excluding hydrogens is 413 g/mol. The molecule has 0 bridgehead atoms. The summed E-state index contributed by atoms with van der Waals surface area (Å²) < 4.78 is 27.7. The standard InChI is InChI=1S/C18H17Cl2NO5S/c1-11(17(22)21-16-8-7-14(19)9-15(16)20)26-18(23)13-5-3-12(4-6-13)10-27(2,24)25/h3-9,11H,10H2,1-2H3,(H,21,22). The first-order valence-corrected chi connectivity index (χ1v) is 10.6. The number of halogens is 2. The summed E-state index contributed by atoms with van der Waals surface area (Å²) in [5.41, 5.74) is 1.10. The van der Waals surface area contributed by atoms with Crippen molar-refractivity contribution in [3.63, 3.8) is 0 Å². The lowest BCUT2D eigenvalue weighted by Gasteiger charge is -2.14. The van der Waals surface area contributed by atoms with E-state index >= 15 is 0 Å². The van der Waals surface area contributed by atoms with Crippen LogP contribution in [0.2, 0.25) is 10.0 Å². The highest BCUT2D eigenvalue weighted by Crippen LogP contribution is 2.25. The third kappa shape index (κ3) is 6.53. The Hall–Kier alpha value is -2.09. The molecule has 0 fully saturated rings. The number of nitrogens with one attached hydrogen (secondary N) is 1. The minimum absolute atomic E-state index is 0.122. The SMILES string of the molecule is CC(OC(=O)c1ccc(CS(C)(=O)=O)cc1)C(=O)Nc1ccc(Cl)cc1Cl. The summed E-state index contributed by atoms with van der Waals surface area (Å²) in [5, 5.41) is 3.24. The molecule has 0 saturated heterocycles. The van der Waals surface area contributed by atoms with Crippen LogP contribution in [-0.4, -0.2) is 32.7 Å². The zero-order chi connectivity index (χ0) is 20.2. The predicted octanol–water partition coefficient (Wildman–Crippen LogP) is 3.72. The molecule has 144 valence electrons. The minimum atomic E-state index is -3.16. The van der Waals surface area contributed by atoms with Gasteiger partial charge in [-0.05, 0) is 42.8 Å². The summed E-state index contributed by atoms with van der Waals surface area (Å²) in [7, 11) is -3.16. The van der Waals surface area contributed by atoms with Crippen molar-refractivity contribution in [2.75, 3.05) is 11.6 Å². The second-order valence-electron chi connectivity index (χ2n) is 5.93. The molecule has 0 radical (unpaired) electrons. The highest BCUT2D eigenvalue weighted by Gasteiger charge is 2.20. The van der Waals surface area contributed by atoms with Gasteiger partial charge in [0.1, 0.15) is 0 Å². The van der Waals surface area contributed by atoms with E-state index in [0.29, 0.717) is 16.3 Å². The average Bonchev–Trinajstić information content (AvgIpc) is 2.56. The summed E-state index contributed by atoms with van der Waals surface area (Å²) in [6.45, 7) is 1.43. The zero-order valence-electron chi connectivity index (χ0n) is 14.5. The van der Waals surface area contributed by atoms with Gasteiger partial charge in [-0.3, -0.25) is 4.79 Å². The molecule has 1 atom stereocenters. The van der Waals surface area contributed by atoms with E-state index in [1.165, 1.54) is 43.3 Å². The van der Waals surface area contributed by atoms with Gasteiger partial charge in [0.15, 0.2) is 15.9 Å². The number of hydrogen-bond acceptors (Lipinski definition) is 5. The smallest absolute Gasteiger partial charge is 0.338 e. The molecule has 0 aliphatic rings. The van der Waals surface area contributed by atoms with E-state index in [1.54, 1.807) is 6.07 Å². The molecule has 0 heterocycles. The maximum Gasteiger partial charge on any atom is 0.338 e. The van der Waals surface area contributed by atoms with Crippen molar-refractivity contribution in [2.24, 2.45) is 0 Å². The Morgan fingerprint density at radius 1 is 1.11 bits per heavy atom. The van der Waals surface area contributed by atoms with Gasteiger partial charge >= 0.3 is 5.97 Å². The van der Waals surface area contributed by atoms with Crippen molar-refractivity contribution in [3.05, 3.63) is 63.6 Å². The number of rotatable bonds is 6. The molecule has 6 nitrogen and oxygen atoms in total. The number of carbonyl (C=O) groups is 2. The molecule has 1 unspecified atom stereocenters. The number of sulfone groups is 1. The lowest BCUT2D eigenvalue weighted by atomic mass is 10.1. The van der Waals surface area contributed by atoms with Crippen molar-refractivity contribution in [1.29, 1.82) is 0 Å². The number of esters is 1. The van der Waals surface area contributed by atoms with Crippen molar-refractivity contribution in [2.45, 2.75) is 18.8 Å². The van der Waals surface area contributed by atoms with Crippen molar-refractivity contribution < 1.29 is 22.7 Å². The van der Waals surface area contributed by atoms with Gasteiger partial charge in [0.05, 0.1) is 22.0 Å². The van der Waals surface area contributed by atoms with Crippen LogP contribution >= 0.6 is 23.2 Å². The molecule has 0 aromatic heterocycles. The van der Waals surface area contributed by atoms with Gasteiger partial charge in [-0.15, -0.1) is 0 Å². The number of carbonyl (C=O) groups excluding carboxylic acids is 2. The molecule has 2 aromatic carbocycles. The molecule has 0 saturated carbocycles. The number of benzene rings is 2. The first-order valence-electron chi connectivity index (χ1n) is 7.79. The average molecular weight is 430 g/mol. The van der Waals surface area contributed by atoms with Crippen LogP contribution in [0.1, 0.15) is 22.8 Å². The Kier molecular flexibility index (Phi) is 6.86. The van der Waals surface area contributed by atoms with Crippen LogP contribution in [0, 0.1) is 0 Å². The van der Waals surface area contributed by atoms with Crippen molar-refractivity contribution in [3.8, 4) is 0 Å². The van der Waals surface area contributed by atoms with Gasteiger partial charge in [0, 0.05) is 11.3 Å². The largest absolute Gasteiger partial charge is 0.449 e. The highest BCUT2D eigenvalue weighted by atomic mass is 35.5. The summed E-state index contributed by atoms with van der Waals surface area (Å²) in [4.78, 5) is 24.3. The zero-order valence-corrected chi connectivity index (χ0v) is 16.9. The van der Waals surface area contributed by atoms with Crippen LogP contribution in [-0.2, 0) is 25.1 Å². The van der Waals surface area contributed by atoms with E-state index in [9.17, 15) is 18.0 Å². The molecule has 1 N–H and O–H groups in total. The molecule has 0 aliphatic heterocycles. The Balaban J connectivity index is 1.98. The second-order valence-corrected chi connectivity index (χ2v) is 8.91. The number of anilines is 1.